The zero-order valence-corrected chi connectivity index (χ0v) is 18.5. The Hall–Kier alpha value is -1.64. The number of hydrogen-bond donors (Lipinski definition) is 2. The second kappa shape index (κ2) is 10.5. The van der Waals surface area contributed by atoms with Crippen LogP contribution in [0.15, 0.2) is 23.2 Å². The van der Waals surface area contributed by atoms with E-state index < -0.39 is 0 Å². The number of nitrogens with one attached hydrogen (secondary N) is 2. The first-order valence-corrected chi connectivity index (χ1v) is 8.73. The van der Waals surface area contributed by atoms with Crippen molar-refractivity contribution < 1.29 is 4.39 Å². The Morgan fingerprint density at radius 3 is 2.46 bits per heavy atom. The molecule has 144 valence electrons. The number of nitrogens with zero attached hydrogens (tertiary/aromatic N) is 3. The molecule has 26 heavy (non-hydrogen) atoms. The Morgan fingerprint density at radius 1 is 1.19 bits per heavy atom. The number of aromatic nitrogens is 2. The molecule has 0 atom stereocenters. The van der Waals surface area contributed by atoms with Crippen molar-refractivity contribution in [2.24, 2.45) is 12.0 Å². The second-order valence-corrected chi connectivity index (χ2v) is 6.07. The topological polar surface area (TPSA) is 54.2 Å². The standard InChI is InChI=1S/C19H28FN5.HI/c1-6-17-15(18(7-2)25(5)24-17)12-23-19(21-4)22-11-14-9-8-13(3)16(20)10-14;/h8-10H,6-7,11-12H2,1-5H3,(H2,21,22,23);1H. The molecule has 0 saturated heterocycles. The van der Waals surface area contributed by atoms with E-state index in [1.165, 1.54) is 11.3 Å². The molecule has 0 saturated carbocycles. The van der Waals surface area contributed by atoms with Gasteiger partial charge in [0.15, 0.2) is 5.96 Å². The maximum Gasteiger partial charge on any atom is 0.191 e. The van der Waals surface area contributed by atoms with Crippen LogP contribution in [0.1, 0.15) is 41.9 Å². The van der Waals surface area contributed by atoms with E-state index in [1.54, 1.807) is 26.1 Å². The predicted molar refractivity (Wildman–Crippen MR) is 116 cm³/mol. The molecule has 5 nitrogen and oxygen atoms in total. The molecule has 1 aromatic carbocycles. The van der Waals surface area contributed by atoms with Gasteiger partial charge in [-0.25, -0.2) is 4.39 Å². The quantitative estimate of drug-likeness (QED) is 0.384. The first-order chi connectivity index (χ1) is 12.0. The lowest BCUT2D eigenvalue weighted by atomic mass is 10.1. The van der Waals surface area contributed by atoms with Crippen LogP contribution in [0.2, 0.25) is 0 Å². The van der Waals surface area contributed by atoms with Crippen molar-refractivity contribution in [1.82, 2.24) is 20.4 Å². The number of aryl methyl sites for hydroxylation is 3. The molecule has 0 aliphatic rings. The molecule has 0 unspecified atom stereocenters. The SMILES string of the molecule is CCc1nn(C)c(CC)c1CNC(=NC)NCc1ccc(C)c(F)c1.I. The van der Waals surface area contributed by atoms with Crippen LogP contribution in [0.4, 0.5) is 4.39 Å². The number of benzene rings is 1. The van der Waals surface area contributed by atoms with Gasteiger partial charge in [-0.3, -0.25) is 9.67 Å². The number of guanidine groups is 1. The maximum absolute atomic E-state index is 13.6. The molecular weight excluding hydrogens is 444 g/mol. The average molecular weight is 473 g/mol. The Labute approximate surface area is 172 Å². The van der Waals surface area contributed by atoms with Gasteiger partial charge in [0.05, 0.1) is 5.69 Å². The number of hydrogen-bond acceptors (Lipinski definition) is 2. The summed E-state index contributed by atoms with van der Waals surface area (Å²) < 4.78 is 15.6. The molecule has 7 heteroatoms. The Bertz CT molecular complexity index is 755. The summed E-state index contributed by atoms with van der Waals surface area (Å²) in [6.07, 6.45) is 1.84. The van der Waals surface area contributed by atoms with Crippen LogP contribution < -0.4 is 10.6 Å². The first-order valence-electron chi connectivity index (χ1n) is 8.73. The van der Waals surface area contributed by atoms with Gasteiger partial charge in [-0.2, -0.15) is 5.10 Å². The summed E-state index contributed by atoms with van der Waals surface area (Å²) in [4.78, 5) is 4.25. The molecule has 2 aromatic rings. The van der Waals surface area contributed by atoms with Gasteiger partial charge in [-0.15, -0.1) is 24.0 Å². The lowest BCUT2D eigenvalue weighted by Crippen LogP contribution is -2.36. The summed E-state index contributed by atoms with van der Waals surface area (Å²) in [6.45, 7) is 7.20. The number of aliphatic imine (C=N–C) groups is 1. The average Bonchev–Trinajstić information content (AvgIpc) is 2.92. The lowest BCUT2D eigenvalue weighted by molar-refractivity contribution is 0.615. The van der Waals surface area contributed by atoms with E-state index in [9.17, 15) is 4.39 Å². The molecule has 0 spiro atoms. The van der Waals surface area contributed by atoms with Crippen molar-refractivity contribution in [3.63, 3.8) is 0 Å². The van der Waals surface area contributed by atoms with Crippen LogP contribution in [0.3, 0.4) is 0 Å². The molecule has 2 rings (SSSR count). The molecule has 0 aliphatic carbocycles. The molecule has 0 fully saturated rings. The fraction of sp³-hybridized carbons (Fsp3) is 0.474. The van der Waals surface area contributed by atoms with E-state index in [0.29, 0.717) is 24.6 Å². The van der Waals surface area contributed by atoms with Crippen molar-refractivity contribution in [3.8, 4) is 0 Å². The minimum absolute atomic E-state index is 0. The van der Waals surface area contributed by atoms with Crippen molar-refractivity contribution in [2.75, 3.05) is 7.05 Å². The lowest BCUT2D eigenvalue weighted by Gasteiger charge is -2.13. The Kier molecular flexibility index (Phi) is 9.04. The predicted octanol–water partition coefficient (Wildman–Crippen LogP) is 3.48. The van der Waals surface area contributed by atoms with E-state index in [-0.39, 0.29) is 29.8 Å². The smallest absolute Gasteiger partial charge is 0.191 e. The fourth-order valence-corrected chi connectivity index (χ4v) is 2.92. The summed E-state index contributed by atoms with van der Waals surface area (Å²) in [6, 6.07) is 5.27. The van der Waals surface area contributed by atoms with Crippen molar-refractivity contribution >= 4 is 29.9 Å². The first kappa shape index (κ1) is 22.4. The normalized spacial score (nSPS) is 11.2. The monoisotopic (exact) mass is 473 g/mol. The molecule has 0 bridgehead atoms. The van der Waals surface area contributed by atoms with Crippen LogP contribution in [-0.4, -0.2) is 22.8 Å². The van der Waals surface area contributed by atoms with Gasteiger partial charge in [-0.05, 0) is 37.0 Å². The largest absolute Gasteiger partial charge is 0.352 e. The maximum atomic E-state index is 13.6. The molecule has 1 aromatic heterocycles. The Morgan fingerprint density at radius 2 is 1.88 bits per heavy atom. The van der Waals surface area contributed by atoms with E-state index in [4.69, 9.17) is 0 Å². The van der Waals surface area contributed by atoms with Gasteiger partial charge < -0.3 is 10.6 Å². The number of halogens is 2. The highest BCUT2D eigenvalue weighted by Crippen LogP contribution is 2.15. The van der Waals surface area contributed by atoms with Crippen molar-refractivity contribution in [2.45, 2.75) is 46.7 Å². The molecule has 0 amide bonds. The van der Waals surface area contributed by atoms with Gasteiger partial charge in [0, 0.05) is 38.4 Å². The highest BCUT2D eigenvalue weighted by atomic mass is 127. The summed E-state index contributed by atoms with van der Waals surface area (Å²) in [7, 11) is 3.72. The van der Waals surface area contributed by atoms with Gasteiger partial charge in [0.1, 0.15) is 5.82 Å². The highest BCUT2D eigenvalue weighted by Gasteiger charge is 2.13. The summed E-state index contributed by atoms with van der Waals surface area (Å²) in [5, 5.41) is 11.2. The van der Waals surface area contributed by atoms with Gasteiger partial charge >= 0.3 is 0 Å². The third kappa shape index (κ3) is 5.43. The minimum Gasteiger partial charge on any atom is -0.352 e. The fourth-order valence-electron chi connectivity index (χ4n) is 2.92. The van der Waals surface area contributed by atoms with Crippen LogP contribution in [0, 0.1) is 12.7 Å². The molecule has 0 radical (unpaired) electrons. The highest BCUT2D eigenvalue weighted by molar-refractivity contribution is 14.0. The molecular formula is C19H29FIN5. The van der Waals surface area contributed by atoms with Gasteiger partial charge in [0.2, 0.25) is 0 Å². The second-order valence-electron chi connectivity index (χ2n) is 6.07. The van der Waals surface area contributed by atoms with E-state index in [0.717, 1.165) is 24.1 Å². The van der Waals surface area contributed by atoms with Gasteiger partial charge in [0.25, 0.3) is 0 Å². The minimum atomic E-state index is -0.183. The zero-order chi connectivity index (χ0) is 18.4. The van der Waals surface area contributed by atoms with Crippen molar-refractivity contribution in [1.29, 1.82) is 0 Å². The van der Waals surface area contributed by atoms with Crippen LogP contribution >= 0.6 is 24.0 Å². The van der Waals surface area contributed by atoms with Gasteiger partial charge in [-0.1, -0.05) is 26.0 Å². The summed E-state index contributed by atoms with van der Waals surface area (Å²) in [5.74, 6) is 0.506. The third-order valence-electron chi connectivity index (χ3n) is 4.38. The zero-order valence-electron chi connectivity index (χ0n) is 16.2. The van der Waals surface area contributed by atoms with Crippen molar-refractivity contribution in [3.05, 3.63) is 52.1 Å². The molecule has 2 N–H and O–H groups in total. The Balaban J connectivity index is 0.00000338. The summed E-state index contributed by atoms with van der Waals surface area (Å²) in [5.41, 5.74) is 5.12. The summed E-state index contributed by atoms with van der Waals surface area (Å²) >= 11 is 0. The van der Waals surface area contributed by atoms with E-state index in [2.05, 4.69) is 34.6 Å². The van der Waals surface area contributed by atoms with Crippen LogP contribution in [0.5, 0.6) is 0 Å². The van der Waals surface area contributed by atoms with E-state index >= 15 is 0 Å². The third-order valence-corrected chi connectivity index (χ3v) is 4.38. The molecule has 0 aliphatic heterocycles. The number of rotatable bonds is 6. The van der Waals surface area contributed by atoms with Crippen LogP contribution in [0.25, 0.3) is 0 Å². The van der Waals surface area contributed by atoms with E-state index in [1.807, 2.05) is 17.8 Å². The van der Waals surface area contributed by atoms with Crippen LogP contribution in [-0.2, 0) is 33.0 Å². The molecule has 1 heterocycles.